The van der Waals surface area contributed by atoms with Crippen LogP contribution >= 0.6 is 23.2 Å². The number of rotatable bonds is 10. The average molecular weight is 607 g/mol. The van der Waals surface area contributed by atoms with E-state index in [4.69, 9.17) is 27.9 Å². The summed E-state index contributed by atoms with van der Waals surface area (Å²) in [4.78, 5) is 28.5. The molecule has 3 rings (SSSR count). The zero-order valence-corrected chi connectivity index (χ0v) is 25.3. The fraction of sp³-hybridized carbons (Fsp3) is 0.310. The van der Waals surface area contributed by atoms with Crippen LogP contribution in [0.1, 0.15) is 33.3 Å². The minimum Gasteiger partial charge on any atom is -0.497 e. The molecule has 0 spiro atoms. The molecule has 1 N–H and O–H groups in total. The van der Waals surface area contributed by atoms with Crippen LogP contribution in [0.4, 0.5) is 5.69 Å². The highest BCUT2D eigenvalue weighted by Gasteiger charge is 2.34. The van der Waals surface area contributed by atoms with Gasteiger partial charge in [0, 0.05) is 12.1 Å². The van der Waals surface area contributed by atoms with Gasteiger partial charge in [0.1, 0.15) is 18.3 Å². The minimum atomic E-state index is -4.25. The molecule has 2 amide bonds. The number of hydrogen-bond acceptors (Lipinski definition) is 5. The van der Waals surface area contributed by atoms with E-state index in [2.05, 4.69) is 5.32 Å². The molecule has 3 aromatic carbocycles. The van der Waals surface area contributed by atoms with Crippen molar-refractivity contribution in [2.24, 2.45) is 0 Å². The Balaban J connectivity index is 2.06. The summed E-state index contributed by atoms with van der Waals surface area (Å²) in [7, 11) is -2.70. The first-order valence-electron chi connectivity index (χ1n) is 12.5. The molecule has 11 heteroatoms. The van der Waals surface area contributed by atoms with E-state index in [1.54, 1.807) is 62.6 Å². The van der Waals surface area contributed by atoms with Gasteiger partial charge in [-0.3, -0.25) is 13.9 Å². The van der Waals surface area contributed by atoms with Crippen LogP contribution < -0.4 is 14.4 Å². The molecule has 0 aliphatic heterocycles. The molecule has 1 unspecified atom stereocenters. The third kappa shape index (κ3) is 7.68. The summed E-state index contributed by atoms with van der Waals surface area (Å²) in [6.45, 7) is 6.53. The number of nitrogens with one attached hydrogen (secondary N) is 1. The maximum absolute atomic E-state index is 14.0. The van der Waals surface area contributed by atoms with Gasteiger partial charge in [-0.25, -0.2) is 8.42 Å². The number of methoxy groups -OCH3 is 1. The van der Waals surface area contributed by atoms with Gasteiger partial charge in [0.2, 0.25) is 11.8 Å². The van der Waals surface area contributed by atoms with Crippen LogP contribution in [-0.2, 0) is 26.2 Å². The normalized spacial score (nSPS) is 12.4. The van der Waals surface area contributed by atoms with Crippen LogP contribution in [0, 0.1) is 0 Å². The molecule has 0 aliphatic carbocycles. The second kappa shape index (κ2) is 12.9. The van der Waals surface area contributed by atoms with Crippen LogP contribution in [0.5, 0.6) is 5.75 Å². The van der Waals surface area contributed by atoms with E-state index in [0.29, 0.717) is 5.75 Å². The van der Waals surface area contributed by atoms with Crippen molar-refractivity contribution in [2.45, 2.75) is 50.7 Å². The minimum absolute atomic E-state index is 0.0169. The second-order valence-corrected chi connectivity index (χ2v) is 12.8. The van der Waals surface area contributed by atoms with Crippen molar-refractivity contribution < 1.29 is 22.7 Å². The quantitative estimate of drug-likeness (QED) is 0.328. The monoisotopic (exact) mass is 605 g/mol. The van der Waals surface area contributed by atoms with Crippen LogP contribution in [-0.4, -0.2) is 50.4 Å². The molecule has 0 radical (unpaired) electrons. The van der Waals surface area contributed by atoms with Crippen molar-refractivity contribution in [3.05, 3.63) is 88.4 Å². The highest BCUT2D eigenvalue weighted by molar-refractivity contribution is 7.92. The lowest BCUT2D eigenvalue weighted by Gasteiger charge is -2.33. The Morgan fingerprint density at radius 2 is 1.57 bits per heavy atom. The SMILES string of the molecule is COc1ccc(CN(C(=O)CN(c2cccc(Cl)c2Cl)S(=O)(=O)c2ccccc2)C(C)C(=O)NC(C)(C)C)cc1. The maximum atomic E-state index is 14.0. The first-order valence-corrected chi connectivity index (χ1v) is 14.7. The van der Waals surface area contributed by atoms with E-state index in [9.17, 15) is 18.0 Å². The van der Waals surface area contributed by atoms with Crippen molar-refractivity contribution in [1.82, 2.24) is 10.2 Å². The third-order valence-corrected chi connectivity index (χ3v) is 8.57. The van der Waals surface area contributed by atoms with Gasteiger partial charge in [0.05, 0.1) is 27.7 Å². The second-order valence-electron chi connectivity index (χ2n) is 10.2. The van der Waals surface area contributed by atoms with Crippen molar-refractivity contribution in [3.63, 3.8) is 0 Å². The van der Waals surface area contributed by atoms with Crippen LogP contribution in [0.15, 0.2) is 77.7 Å². The third-order valence-electron chi connectivity index (χ3n) is 5.99. The molecular weight excluding hydrogens is 573 g/mol. The number of sulfonamides is 1. The maximum Gasteiger partial charge on any atom is 0.264 e. The summed E-state index contributed by atoms with van der Waals surface area (Å²) in [5.41, 5.74) is 0.224. The number of anilines is 1. The number of hydrogen-bond donors (Lipinski definition) is 1. The summed E-state index contributed by atoms with van der Waals surface area (Å²) >= 11 is 12.7. The van der Waals surface area contributed by atoms with Crippen molar-refractivity contribution in [3.8, 4) is 5.75 Å². The molecule has 0 fully saturated rings. The van der Waals surface area contributed by atoms with Gasteiger partial charge in [-0.15, -0.1) is 0 Å². The van der Waals surface area contributed by atoms with Gasteiger partial charge in [0.15, 0.2) is 0 Å². The van der Waals surface area contributed by atoms with Gasteiger partial charge in [0.25, 0.3) is 10.0 Å². The van der Waals surface area contributed by atoms with Gasteiger partial charge < -0.3 is 15.0 Å². The van der Waals surface area contributed by atoms with Gasteiger partial charge in [-0.1, -0.05) is 59.6 Å². The highest BCUT2D eigenvalue weighted by atomic mass is 35.5. The molecule has 214 valence electrons. The predicted molar refractivity (Wildman–Crippen MR) is 158 cm³/mol. The summed E-state index contributed by atoms with van der Waals surface area (Å²) in [5, 5.41) is 3.01. The molecule has 0 saturated carbocycles. The number of carbonyl (C=O) groups excluding carboxylic acids is 2. The van der Waals surface area contributed by atoms with E-state index >= 15 is 0 Å². The molecule has 8 nitrogen and oxygen atoms in total. The fourth-order valence-corrected chi connectivity index (χ4v) is 5.80. The Hall–Kier alpha value is -3.27. The van der Waals surface area contributed by atoms with Gasteiger partial charge >= 0.3 is 0 Å². The average Bonchev–Trinajstić information content (AvgIpc) is 2.91. The molecule has 0 bridgehead atoms. The van der Waals surface area contributed by atoms with Crippen molar-refractivity contribution >= 4 is 50.7 Å². The summed E-state index contributed by atoms with van der Waals surface area (Å²) in [6.07, 6.45) is 0. The predicted octanol–water partition coefficient (Wildman–Crippen LogP) is 5.53. The summed E-state index contributed by atoms with van der Waals surface area (Å²) in [6, 6.07) is 18.4. The smallest absolute Gasteiger partial charge is 0.264 e. The molecule has 0 saturated heterocycles. The number of halogens is 2. The van der Waals surface area contributed by atoms with E-state index in [-0.39, 0.29) is 33.1 Å². The first kappa shape index (κ1) is 31.3. The molecule has 0 aliphatic rings. The lowest BCUT2D eigenvalue weighted by atomic mass is 10.1. The highest BCUT2D eigenvalue weighted by Crippen LogP contribution is 2.35. The Bertz CT molecular complexity index is 1440. The number of ether oxygens (including phenoxy) is 1. The van der Waals surface area contributed by atoms with E-state index in [1.807, 2.05) is 20.8 Å². The molecule has 0 aromatic heterocycles. The Morgan fingerprint density at radius 3 is 2.15 bits per heavy atom. The van der Waals surface area contributed by atoms with Crippen LogP contribution in [0.25, 0.3) is 0 Å². The van der Waals surface area contributed by atoms with E-state index < -0.39 is 34.1 Å². The molecule has 1 atom stereocenters. The zero-order valence-electron chi connectivity index (χ0n) is 23.0. The number of nitrogens with zero attached hydrogens (tertiary/aromatic N) is 2. The molecule has 0 heterocycles. The van der Waals surface area contributed by atoms with E-state index in [0.717, 1.165) is 9.87 Å². The van der Waals surface area contributed by atoms with Gasteiger partial charge in [-0.2, -0.15) is 0 Å². The summed E-state index contributed by atoms with van der Waals surface area (Å²) in [5.74, 6) is -0.355. The standard InChI is InChI=1S/C29H33Cl2N3O5S/c1-20(28(36)32-29(2,3)4)33(18-21-14-16-22(39-5)17-15-21)26(35)19-34(25-13-9-12-24(30)27(25)31)40(37,38)23-10-7-6-8-11-23/h6-17,20H,18-19H2,1-5H3,(H,32,36). The summed E-state index contributed by atoms with van der Waals surface area (Å²) < 4.78 is 33.8. The Labute approximate surface area is 245 Å². The van der Waals surface area contributed by atoms with Crippen LogP contribution in [0.2, 0.25) is 10.0 Å². The van der Waals surface area contributed by atoms with Crippen molar-refractivity contribution in [2.75, 3.05) is 18.0 Å². The fourth-order valence-electron chi connectivity index (χ4n) is 3.90. The molecule has 40 heavy (non-hydrogen) atoms. The number of amides is 2. The van der Waals surface area contributed by atoms with E-state index in [1.165, 1.54) is 29.2 Å². The molecule has 3 aromatic rings. The van der Waals surface area contributed by atoms with Crippen molar-refractivity contribution in [1.29, 1.82) is 0 Å². The Morgan fingerprint density at radius 1 is 0.950 bits per heavy atom. The number of benzene rings is 3. The lowest BCUT2D eigenvalue weighted by Crippen LogP contribution is -2.54. The first-order chi connectivity index (χ1) is 18.7. The number of carbonyl (C=O) groups is 2. The topological polar surface area (TPSA) is 96.0 Å². The Kier molecular flexibility index (Phi) is 10.1. The van der Waals surface area contributed by atoms with Gasteiger partial charge in [-0.05, 0) is 69.7 Å². The zero-order chi connectivity index (χ0) is 29.7. The lowest BCUT2D eigenvalue weighted by molar-refractivity contribution is -0.140. The molecular formula is C29H33Cl2N3O5S. The largest absolute Gasteiger partial charge is 0.497 e. The van der Waals surface area contributed by atoms with Crippen LogP contribution in [0.3, 0.4) is 0 Å².